The minimum Gasteiger partial charge on any atom is -0.376 e. The van der Waals surface area contributed by atoms with Crippen LogP contribution in [0.5, 0.6) is 0 Å². The Labute approximate surface area is 148 Å². The van der Waals surface area contributed by atoms with Gasteiger partial charge in [-0.15, -0.1) is 0 Å². The summed E-state index contributed by atoms with van der Waals surface area (Å²) in [5.41, 5.74) is 0. The van der Waals surface area contributed by atoms with E-state index in [9.17, 15) is 0 Å². The zero-order chi connectivity index (χ0) is 16.8. The second-order valence-corrected chi connectivity index (χ2v) is 7.13. The molecule has 0 saturated carbocycles. The lowest BCUT2D eigenvalue weighted by Crippen LogP contribution is -1.89. The average molecular weight is 326 g/mol. The highest BCUT2D eigenvalue weighted by atomic mass is 16.5. The minimum atomic E-state index is 0.888. The largest absolute Gasteiger partial charge is 0.376 e. The standard InChI is InChI=1S/C22H45O/c1-3-5-6-7-8-9-10-11-12-13-14-15-16-17-18-19-20-22-23-21-4-2/h22H,3-21H2,1-2H3. The molecule has 0 aliphatic carbocycles. The molecular weight excluding hydrogens is 280 g/mol. The van der Waals surface area contributed by atoms with Crippen molar-refractivity contribution in [3.05, 3.63) is 6.61 Å². The van der Waals surface area contributed by atoms with Gasteiger partial charge in [-0.3, -0.25) is 0 Å². The molecule has 0 unspecified atom stereocenters. The van der Waals surface area contributed by atoms with Crippen LogP contribution in [0.2, 0.25) is 0 Å². The summed E-state index contributed by atoms with van der Waals surface area (Å²) >= 11 is 0. The maximum atomic E-state index is 5.38. The first-order valence-corrected chi connectivity index (χ1v) is 10.8. The van der Waals surface area contributed by atoms with Crippen molar-refractivity contribution in [2.75, 3.05) is 6.61 Å². The van der Waals surface area contributed by atoms with Crippen molar-refractivity contribution in [1.29, 1.82) is 0 Å². The Morgan fingerprint density at radius 2 is 0.870 bits per heavy atom. The molecule has 1 heteroatoms. The highest BCUT2D eigenvalue weighted by Crippen LogP contribution is 2.14. The SMILES string of the molecule is CCCCCCCCCCCCCCCCCC[CH]OCCC. The van der Waals surface area contributed by atoms with Crippen LogP contribution in [0, 0.1) is 6.61 Å². The summed E-state index contributed by atoms with van der Waals surface area (Å²) < 4.78 is 5.38. The summed E-state index contributed by atoms with van der Waals surface area (Å²) in [5.74, 6) is 0. The summed E-state index contributed by atoms with van der Waals surface area (Å²) in [6.45, 7) is 7.34. The number of hydrogen-bond acceptors (Lipinski definition) is 1. The van der Waals surface area contributed by atoms with Crippen molar-refractivity contribution in [2.45, 2.75) is 129 Å². The van der Waals surface area contributed by atoms with E-state index in [0.29, 0.717) is 0 Å². The maximum Gasteiger partial charge on any atom is 0.0836 e. The smallest absolute Gasteiger partial charge is 0.0836 e. The van der Waals surface area contributed by atoms with Crippen LogP contribution in [0.4, 0.5) is 0 Å². The van der Waals surface area contributed by atoms with Crippen molar-refractivity contribution in [2.24, 2.45) is 0 Å². The van der Waals surface area contributed by atoms with Crippen molar-refractivity contribution >= 4 is 0 Å². The van der Waals surface area contributed by atoms with Crippen LogP contribution in [0.25, 0.3) is 0 Å². The molecule has 0 atom stereocenters. The van der Waals surface area contributed by atoms with E-state index >= 15 is 0 Å². The molecule has 0 aromatic heterocycles. The fraction of sp³-hybridized carbons (Fsp3) is 0.955. The molecule has 0 N–H and O–H groups in total. The lowest BCUT2D eigenvalue weighted by atomic mass is 10.0. The monoisotopic (exact) mass is 325 g/mol. The van der Waals surface area contributed by atoms with Crippen molar-refractivity contribution in [1.82, 2.24) is 0 Å². The van der Waals surface area contributed by atoms with Gasteiger partial charge in [-0.1, -0.05) is 117 Å². The van der Waals surface area contributed by atoms with Crippen LogP contribution in [0.3, 0.4) is 0 Å². The molecule has 0 bridgehead atoms. The second-order valence-electron chi connectivity index (χ2n) is 7.13. The van der Waals surface area contributed by atoms with Crippen molar-refractivity contribution in [3.8, 4) is 0 Å². The molecule has 0 heterocycles. The number of hydrogen-bond donors (Lipinski definition) is 0. The van der Waals surface area contributed by atoms with E-state index in [1.54, 1.807) is 0 Å². The molecule has 1 nitrogen and oxygen atoms in total. The van der Waals surface area contributed by atoms with E-state index in [-0.39, 0.29) is 0 Å². The van der Waals surface area contributed by atoms with Crippen LogP contribution >= 0.6 is 0 Å². The van der Waals surface area contributed by atoms with Gasteiger partial charge in [0.2, 0.25) is 0 Å². The predicted molar refractivity (Wildman–Crippen MR) is 105 cm³/mol. The van der Waals surface area contributed by atoms with Crippen LogP contribution in [-0.4, -0.2) is 6.61 Å². The molecule has 139 valence electrons. The summed E-state index contributed by atoms with van der Waals surface area (Å²) in [6, 6.07) is 0. The highest BCUT2D eigenvalue weighted by molar-refractivity contribution is 4.53. The zero-order valence-electron chi connectivity index (χ0n) is 16.4. The van der Waals surface area contributed by atoms with E-state index in [0.717, 1.165) is 19.4 Å². The van der Waals surface area contributed by atoms with Gasteiger partial charge in [0.1, 0.15) is 0 Å². The maximum absolute atomic E-state index is 5.38. The quantitative estimate of drug-likeness (QED) is 0.205. The van der Waals surface area contributed by atoms with Gasteiger partial charge in [-0.25, -0.2) is 0 Å². The third kappa shape index (κ3) is 22.0. The van der Waals surface area contributed by atoms with Crippen LogP contribution in [0.15, 0.2) is 0 Å². The molecule has 0 aromatic rings. The van der Waals surface area contributed by atoms with Gasteiger partial charge < -0.3 is 4.74 Å². The average Bonchev–Trinajstić information content (AvgIpc) is 2.57. The van der Waals surface area contributed by atoms with Crippen LogP contribution in [-0.2, 0) is 4.74 Å². The Kier molecular flexibility index (Phi) is 21.9. The molecule has 1 radical (unpaired) electrons. The predicted octanol–water partition coefficient (Wildman–Crippen LogP) is 8.23. The zero-order valence-corrected chi connectivity index (χ0v) is 16.4. The van der Waals surface area contributed by atoms with E-state index in [1.165, 1.54) is 103 Å². The minimum absolute atomic E-state index is 0.888. The molecule has 0 aliphatic rings. The first kappa shape index (κ1) is 23.0. The third-order valence-electron chi connectivity index (χ3n) is 4.62. The highest BCUT2D eigenvalue weighted by Gasteiger charge is 1.95. The Bertz CT molecular complexity index is 170. The Morgan fingerprint density at radius 1 is 0.478 bits per heavy atom. The molecule has 23 heavy (non-hydrogen) atoms. The van der Waals surface area contributed by atoms with Crippen LogP contribution in [0.1, 0.15) is 129 Å². The normalized spacial score (nSPS) is 11.2. The summed E-state index contributed by atoms with van der Waals surface area (Å²) in [4.78, 5) is 0. The number of unbranched alkanes of at least 4 members (excludes halogenated alkanes) is 16. The molecule has 0 aliphatic heterocycles. The van der Waals surface area contributed by atoms with Gasteiger partial charge in [0.05, 0.1) is 6.61 Å². The van der Waals surface area contributed by atoms with E-state index < -0.39 is 0 Å². The van der Waals surface area contributed by atoms with Crippen LogP contribution < -0.4 is 0 Å². The molecule has 0 saturated heterocycles. The van der Waals surface area contributed by atoms with Gasteiger partial charge in [0.15, 0.2) is 0 Å². The second kappa shape index (κ2) is 22.0. The van der Waals surface area contributed by atoms with Gasteiger partial charge in [-0.05, 0) is 12.8 Å². The van der Waals surface area contributed by atoms with E-state index in [1.807, 2.05) is 6.61 Å². The van der Waals surface area contributed by atoms with Gasteiger partial charge in [0, 0.05) is 6.61 Å². The van der Waals surface area contributed by atoms with Gasteiger partial charge in [0.25, 0.3) is 0 Å². The topological polar surface area (TPSA) is 9.23 Å². The number of rotatable bonds is 20. The molecule has 0 spiro atoms. The number of ether oxygens (including phenoxy) is 1. The molecule has 0 rings (SSSR count). The molecule has 0 fully saturated rings. The van der Waals surface area contributed by atoms with Gasteiger partial charge in [-0.2, -0.15) is 0 Å². The third-order valence-corrected chi connectivity index (χ3v) is 4.62. The molecule has 0 aromatic carbocycles. The molecule has 0 amide bonds. The first-order valence-electron chi connectivity index (χ1n) is 10.8. The lowest BCUT2D eigenvalue weighted by molar-refractivity contribution is 0.190. The fourth-order valence-corrected chi connectivity index (χ4v) is 3.06. The summed E-state index contributed by atoms with van der Waals surface area (Å²) in [7, 11) is 0. The van der Waals surface area contributed by atoms with Crippen molar-refractivity contribution < 1.29 is 4.74 Å². The van der Waals surface area contributed by atoms with Gasteiger partial charge >= 0.3 is 0 Å². The first-order chi connectivity index (χ1) is 11.4. The van der Waals surface area contributed by atoms with E-state index in [4.69, 9.17) is 4.74 Å². The van der Waals surface area contributed by atoms with Crippen molar-refractivity contribution in [3.63, 3.8) is 0 Å². The summed E-state index contributed by atoms with van der Waals surface area (Å²) in [6.07, 6.45) is 25.3. The summed E-state index contributed by atoms with van der Waals surface area (Å²) in [5, 5.41) is 0. The van der Waals surface area contributed by atoms with E-state index in [2.05, 4.69) is 13.8 Å². The Morgan fingerprint density at radius 3 is 1.26 bits per heavy atom. The lowest BCUT2D eigenvalue weighted by Gasteiger charge is -2.04. The Balaban J connectivity index is 2.92. The fourth-order valence-electron chi connectivity index (χ4n) is 3.06. The Hall–Kier alpha value is -0.0400. The molecular formula is C22H45O.